The Hall–Kier alpha value is -2.54. The molecule has 130 valence electrons. The van der Waals surface area contributed by atoms with Crippen LogP contribution in [-0.2, 0) is 4.74 Å². The van der Waals surface area contributed by atoms with Crippen molar-refractivity contribution in [3.05, 3.63) is 48.5 Å². The molecule has 25 heavy (non-hydrogen) atoms. The largest absolute Gasteiger partial charge is 0.371 e. The van der Waals surface area contributed by atoms with Gasteiger partial charge in [0.05, 0.1) is 24.3 Å². The molecule has 0 saturated carbocycles. The maximum Gasteiger partial charge on any atom is 0.255 e. The molecule has 1 spiro atoms. The van der Waals surface area contributed by atoms with E-state index in [0.29, 0.717) is 25.3 Å². The average molecular weight is 339 g/mol. The number of amides is 1. The Bertz CT molecular complexity index is 717. The van der Waals surface area contributed by atoms with Crippen LogP contribution in [0.25, 0.3) is 0 Å². The molecule has 1 amide bonds. The summed E-state index contributed by atoms with van der Waals surface area (Å²) in [6.45, 7) is 3.61. The monoisotopic (exact) mass is 339 g/mol. The summed E-state index contributed by atoms with van der Waals surface area (Å²) in [7, 11) is 0. The quantitative estimate of drug-likeness (QED) is 0.823. The van der Waals surface area contributed by atoms with Gasteiger partial charge >= 0.3 is 0 Å². The Morgan fingerprint density at radius 1 is 1.08 bits per heavy atom. The zero-order valence-corrected chi connectivity index (χ0v) is 14.0. The number of piperidine rings is 1. The normalized spacial score (nSPS) is 19.8. The highest BCUT2D eigenvalue weighted by atomic mass is 16.5. The second-order valence-corrected chi connectivity index (χ2v) is 6.54. The Kier molecular flexibility index (Phi) is 4.31. The van der Waals surface area contributed by atoms with Gasteiger partial charge in [-0.15, -0.1) is 0 Å². The van der Waals surface area contributed by atoms with Gasteiger partial charge in [0.25, 0.3) is 5.91 Å². The van der Waals surface area contributed by atoms with Crippen molar-refractivity contribution in [2.45, 2.75) is 18.4 Å². The number of pyridine rings is 1. The van der Waals surface area contributed by atoms with Gasteiger partial charge in [0.2, 0.25) is 5.95 Å². The van der Waals surface area contributed by atoms with E-state index in [2.05, 4.69) is 19.9 Å². The molecule has 4 heterocycles. The molecule has 0 aromatic carbocycles. The Morgan fingerprint density at radius 2 is 1.88 bits per heavy atom. The number of ether oxygens (including phenoxy) is 1. The molecule has 0 unspecified atom stereocenters. The highest BCUT2D eigenvalue weighted by molar-refractivity contribution is 5.93. The van der Waals surface area contributed by atoms with Gasteiger partial charge in [-0.05, 0) is 31.0 Å². The first-order valence-electron chi connectivity index (χ1n) is 8.61. The minimum absolute atomic E-state index is 0.0435. The number of carbonyl (C=O) groups is 1. The van der Waals surface area contributed by atoms with Crippen molar-refractivity contribution in [1.82, 2.24) is 19.9 Å². The van der Waals surface area contributed by atoms with Crippen LogP contribution in [0.15, 0.2) is 43.0 Å². The Morgan fingerprint density at radius 3 is 2.60 bits per heavy atom. The maximum atomic E-state index is 12.6. The molecule has 0 N–H and O–H groups in total. The van der Waals surface area contributed by atoms with Gasteiger partial charge in [-0.1, -0.05) is 0 Å². The van der Waals surface area contributed by atoms with E-state index >= 15 is 0 Å². The molecule has 7 nitrogen and oxygen atoms in total. The van der Waals surface area contributed by atoms with Crippen molar-refractivity contribution in [2.24, 2.45) is 0 Å². The van der Waals surface area contributed by atoms with E-state index in [1.165, 1.54) is 0 Å². The third-order valence-electron chi connectivity index (χ3n) is 4.95. The van der Waals surface area contributed by atoms with Gasteiger partial charge in [-0.25, -0.2) is 9.97 Å². The van der Waals surface area contributed by atoms with E-state index in [1.807, 2.05) is 17.0 Å². The zero-order chi connectivity index (χ0) is 17.1. The van der Waals surface area contributed by atoms with Crippen LogP contribution in [-0.4, -0.2) is 64.1 Å². The molecule has 0 bridgehead atoms. The van der Waals surface area contributed by atoms with Crippen LogP contribution in [0.2, 0.25) is 0 Å². The third-order valence-corrected chi connectivity index (χ3v) is 4.95. The number of nitrogens with zero attached hydrogens (tertiary/aromatic N) is 5. The highest BCUT2D eigenvalue weighted by Crippen LogP contribution is 2.31. The summed E-state index contributed by atoms with van der Waals surface area (Å²) >= 11 is 0. The molecular formula is C18H21N5O2. The first-order valence-corrected chi connectivity index (χ1v) is 8.61. The van der Waals surface area contributed by atoms with E-state index in [0.717, 1.165) is 31.9 Å². The summed E-state index contributed by atoms with van der Waals surface area (Å²) in [6.07, 6.45) is 8.47. The van der Waals surface area contributed by atoms with Crippen LogP contribution in [0, 0.1) is 0 Å². The Balaban J connectivity index is 1.41. The number of aromatic nitrogens is 3. The molecule has 2 saturated heterocycles. The second kappa shape index (κ2) is 6.76. The van der Waals surface area contributed by atoms with Crippen LogP contribution in [0.1, 0.15) is 23.2 Å². The standard InChI is InChI=1S/C18H21N5O2/c24-16(15-3-1-6-19-13-15)22-9-4-18(5-10-22)14-23(11-12-25-18)17-20-7-2-8-21-17/h1-3,6-8,13H,4-5,9-12,14H2. The fourth-order valence-electron chi connectivity index (χ4n) is 3.56. The number of rotatable bonds is 2. The van der Waals surface area contributed by atoms with Crippen LogP contribution >= 0.6 is 0 Å². The molecule has 2 aliphatic heterocycles. The first-order chi connectivity index (χ1) is 12.3. The van der Waals surface area contributed by atoms with Crippen molar-refractivity contribution in [3.63, 3.8) is 0 Å². The lowest BCUT2D eigenvalue weighted by Gasteiger charge is -2.47. The van der Waals surface area contributed by atoms with Crippen molar-refractivity contribution < 1.29 is 9.53 Å². The van der Waals surface area contributed by atoms with E-state index < -0.39 is 0 Å². The predicted octanol–water partition coefficient (Wildman–Crippen LogP) is 1.38. The molecule has 2 aromatic rings. The van der Waals surface area contributed by atoms with Crippen molar-refractivity contribution >= 4 is 11.9 Å². The fraction of sp³-hybridized carbons (Fsp3) is 0.444. The van der Waals surface area contributed by atoms with Gasteiger partial charge in [-0.3, -0.25) is 9.78 Å². The van der Waals surface area contributed by atoms with Crippen LogP contribution < -0.4 is 4.90 Å². The van der Waals surface area contributed by atoms with Gasteiger partial charge in [0.15, 0.2) is 0 Å². The van der Waals surface area contributed by atoms with E-state index in [9.17, 15) is 4.79 Å². The first kappa shape index (κ1) is 16.0. The molecule has 0 radical (unpaired) electrons. The van der Waals surface area contributed by atoms with E-state index in [-0.39, 0.29) is 11.5 Å². The van der Waals surface area contributed by atoms with Crippen LogP contribution in [0.5, 0.6) is 0 Å². The van der Waals surface area contributed by atoms with E-state index in [4.69, 9.17) is 4.74 Å². The predicted molar refractivity (Wildman–Crippen MR) is 92.3 cm³/mol. The van der Waals surface area contributed by atoms with Gasteiger partial charge in [-0.2, -0.15) is 0 Å². The molecule has 7 heteroatoms. The van der Waals surface area contributed by atoms with Crippen LogP contribution in [0.4, 0.5) is 5.95 Å². The zero-order valence-electron chi connectivity index (χ0n) is 14.0. The number of anilines is 1. The summed E-state index contributed by atoms with van der Waals surface area (Å²) in [5, 5.41) is 0. The number of carbonyl (C=O) groups excluding carboxylic acids is 1. The molecule has 2 aliphatic rings. The lowest BCUT2D eigenvalue weighted by molar-refractivity contribution is -0.0872. The minimum Gasteiger partial charge on any atom is -0.371 e. The lowest BCUT2D eigenvalue weighted by atomic mass is 9.89. The van der Waals surface area contributed by atoms with Crippen molar-refractivity contribution in [1.29, 1.82) is 0 Å². The summed E-state index contributed by atoms with van der Waals surface area (Å²) in [4.78, 5) is 29.4. The average Bonchev–Trinajstić information content (AvgIpc) is 2.69. The Labute approximate surface area is 146 Å². The molecule has 4 rings (SSSR count). The molecule has 2 aromatic heterocycles. The number of morpholine rings is 1. The molecule has 2 fully saturated rings. The number of hydrogen-bond donors (Lipinski definition) is 0. The third kappa shape index (κ3) is 3.32. The SMILES string of the molecule is O=C(c1cccnc1)N1CCC2(CC1)CN(c1ncccn1)CCO2. The number of hydrogen-bond acceptors (Lipinski definition) is 6. The summed E-state index contributed by atoms with van der Waals surface area (Å²) in [5.41, 5.74) is 0.422. The second-order valence-electron chi connectivity index (χ2n) is 6.54. The van der Waals surface area contributed by atoms with Gasteiger partial charge in [0.1, 0.15) is 0 Å². The van der Waals surface area contributed by atoms with Gasteiger partial charge in [0, 0.05) is 44.4 Å². The molecule has 0 atom stereocenters. The topological polar surface area (TPSA) is 71.5 Å². The molecular weight excluding hydrogens is 318 g/mol. The minimum atomic E-state index is -0.219. The van der Waals surface area contributed by atoms with Gasteiger partial charge < -0.3 is 14.5 Å². The lowest BCUT2D eigenvalue weighted by Crippen LogP contribution is -2.58. The fourth-order valence-corrected chi connectivity index (χ4v) is 3.56. The van der Waals surface area contributed by atoms with Crippen molar-refractivity contribution in [3.8, 4) is 0 Å². The smallest absolute Gasteiger partial charge is 0.255 e. The van der Waals surface area contributed by atoms with Crippen molar-refractivity contribution in [2.75, 3.05) is 37.7 Å². The summed E-state index contributed by atoms with van der Waals surface area (Å²) in [6, 6.07) is 5.42. The van der Waals surface area contributed by atoms with E-state index in [1.54, 1.807) is 30.9 Å². The number of likely N-dealkylation sites (tertiary alicyclic amines) is 1. The maximum absolute atomic E-state index is 12.6. The molecule has 0 aliphatic carbocycles. The summed E-state index contributed by atoms with van der Waals surface area (Å²) < 4.78 is 6.14. The highest BCUT2D eigenvalue weighted by Gasteiger charge is 2.41. The summed E-state index contributed by atoms with van der Waals surface area (Å²) in [5.74, 6) is 0.793. The van der Waals surface area contributed by atoms with Crippen LogP contribution in [0.3, 0.4) is 0 Å².